The minimum atomic E-state index is -0.352. The first kappa shape index (κ1) is 35.8. The van der Waals surface area contributed by atoms with Crippen LogP contribution >= 0.6 is 11.3 Å². The molecule has 0 radical (unpaired) electrons. The third-order valence-electron chi connectivity index (χ3n) is 8.51. The molecule has 0 saturated carbocycles. The number of aryl methyl sites for hydroxylation is 1. The normalized spacial score (nSPS) is 20.2. The highest BCUT2D eigenvalue weighted by atomic mass is 32.1. The Kier molecular flexibility index (Phi) is 15.1. The standard InChI is InChI=1S/C38H55FO5S/c1-6-10-16-40-26-31-25-35(42-18-12-8-3)38(43-19-13-9-4)37(44-31)33-24-28(27(5)20-34(33)41-17-11-7-2)22-32-23-29-21-30(39)14-15-36(29)45-32/h14-15,20-21,23-24,31,35,37-38H,6-13,16-19,22,25-26H2,1-5H3/t31-,35-,37-,38+/m0/s1. The van der Waals surface area contributed by atoms with Crippen LogP contribution in [-0.4, -0.2) is 51.3 Å². The molecule has 0 amide bonds. The van der Waals surface area contributed by atoms with E-state index in [1.807, 2.05) is 6.07 Å². The Morgan fingerprint density at radius 2 is 1.56 bits per heavy atom. The highest BCUT2D eigenvalue weighted by molar-refractivity contribution is 7.19. The van der Waals surface area contributed by atoms with E-state index in [4.69, 9.17) is 23.7 Å². The zero-order valence-corrected chi connectivity index (χ0v) is 29.0. The van der Waals surface area contributed by atoms with Crippen molar-refractivity contribution in [3.63, 3.8) is 0 Å². The second-order valence-corrected chi connectivity index (χ2v) is 13.6. The number of benzene rings is 2. The molecule has 1 fully saturated rings. The van der Waals surface area contributed by atoms with E-state index in [2.05, 4.69) is 52.8 Å². The van der Waals surface area contributed by atoms with Crippen molar-refractivity contribution in [2.24, 2.45) is 0 Å². The summed E-state index contributed by atoms with van der Waals surface area (Å²) in [5.41, 5.74) is 3.39. The van der Waals surface area contributed by atoms with Crippen LogP contribution in [0.15, 0.2) is 36.4 Å². The van der Waals surface area contributed by atoms with Crippen molar-refractivity contribution in [1.29, 1.82) is 0 Å². The largest absolute Gasteiger partial charge is 0.493 e. The predicted molar refractivity (Wildman–Crippen MR) is 183 cm³/mol. The second kappa shape index (κ2) is 19.0. The van der Waals surface area contributed by atoms with E-state index in [0.29, 0.717) is 26.4 Å². The summed E-state index contributed by atoms with van der Waals surface area (Å²) in [6.45, 7) is 14.2. The molecule has 0 unspecified atom stereocenters. The summed E-state index contributed by atoms with van der Waals surface area (Å²) < 4.78 is 47.8. The summed E-state index contributed by atoms with van der Waals surface area (Å²) in [5.74, 6) is 0.656. The molecule has 0 spiro atoms. The van der Waals surface area contributed by atoms with Gasteiger partial charge in [0.25, 0.3) is 0 Å². The van der Waals surface area contributed by atoms with Crippen LogP contribution in [-0.2, 0) is 25.4 Å². The van der Waals surface area contributed by atoms with Crippen LogP contribution in [0.3, 0.4) is 0 Å². The van der Waals surface area contributed by atoms with Crippen molar-refractivity contribution in [2.45, 2.75) is 123 Å². The topological polar surface area (TPSA) is 46.2 Å². The van der Waals surface area contributed by atoms with E-state index in [9.17, 15) is 4.39 Å². The van der Waals surface area contributed by atoms with Crippen molar-refractivity contribution in [3.8, 4) is 5.75 Å². The van der Waals surface area contributed by atoms with E-state index < -0.39 is 0 Å². The highest BCUT2D eigenvalue weighted by Crippen LogP contribution is 2.42. The van der Waals surface area contributed by atoms with Gasteiger partial charge in [0.05, 0.1) is 25.4 Å². The Morgan fingerprint density at radius 3 is 2.31 bits per heavy atom. The Bertz CT molecular complexity index is 1290. The molecule has 0 bridgehead atoms. The molecule has 2 aromatic carbocycles. The number of unbranched alkanes of at least 4 members (excludes halogenated alkanes) is 4. The first-order chi connectivity index (χ1) is 22.0. The summed E-state index contributed by atoms with van der Waals surface area (Å²) in [6, 6.07) is 11.6. The van der Waals surface area contributed by atoms with Crippen molar-refractivity contribution < 1.29 is 28.1 Å². The van der Waals surface area contributed by atoms with Gasteiger partial charge in [-0.25, -0.2) is 4.39 Å². The fourth-order valence-electron chi connectivity index (χ4n) is 5.80. The number of hydrogen-bond acceptors (Lipinski definition) is 6. The Hall–Kier alpha value is -2.03. The molecule has 0 aliphatic carbocycles. The van der Waals surface area contributed by atoms with Gasteiger partial charge in [-0.15, -0.1) is 11.3 Å². The zero-order valence-electron chi connectivity index (χ0n) is 28.2. The summed E-state index contributed by atoms with van der Waals surface area (Å²) >= 11 is 1.72. The van der Waals surface area contributed by atoms with Gasteiger partial charge >= 0.3 is 0 Å². The van der Waals surface area contributed by atoms with Gasteiger partial charge in [0.2, 0.25) is 0 Å². The molecule has 2 heterocycles. The maximum atomic E-state index is 13.9. The van der Waals surface area contributed by atoms with Crippen LogP contribution in [0.2, 0.25) is 0 Å². The van der Waals surface area contributed by atoms with E-state index in [-0.39, 0.29) is 30.2 Å². The molecule has 5 nitrogen and oxygen atoms in total. The van der Waals surface area contributed by atoms with Crippen molar-refractivity contribution >= 4 is 21.4 Å². The van der Waals surface area contributed by atoms with Crippen LogP contribution in [0.5, 0.6) is 5.75 Å². The fraction of sp³-hybridized carbons (Fsp3) is 0.632. The molecule has 45 heavy (non-hydrogen) atoms. The quantitative estimate of drug-likeness (QED) is 0.115. The molecule has 4 atom stereocenters. The number of halogens is 1. The maximum absolute atomic E-state index is 13.9. The summed E-state index contributed by atoms with van der Waals surface area (Å²) in [4.78, 5) is 1.20. The number of thiophene rings is 1. The lowest BCUT2D eigenvalue weighted by molar-refractivity contribution is -0.213. The molecule has 0 N–H and O–H groups in total. The Balaban J connectivity index is 1.72. The summed E-state index contributed by atoms with van der Waals surface area (Å²) in [5, 5.41) is 0.949. The SMILES string of the molecule is CCCCOC[C@@H]1C[C@H](OCCCC)[C@@H](OCCCC)[C@H](c2cc(Cc3cc4cc(F)ccc4s3)c(C)cc2OCCCC)O1. The second-order valence-electron chi connectivity index (χ2n) is 12.4. The zero-order chi connectivity index (χ0) is 32.0. The molecule has 1 saturated heterocycles. The molecule has 1 aliphatic rings. The minimum absolute atomic E-state index is 0.0994. The van der Waals surface area contributed by atoms with Crippen molar-refractivity contribution in [1.82, 2.24) is 0 Å². The molecule has 1 aromatic heterocycles. The lowest BCUT2D eigenvalue weighted by atomic mass is 9.89. The maximum Gasteiger partial charge on any atom is 0.125 e. The van der Waals surface area contributed by atoms with Gasteiger partial charge in [0.1, 0.15) is 23.8 Å². The third kappa shape index (κ3) is 10.5. The van der Waals surface area contributed by atoms with Gasteiger partial charge in [-0.05, 0) is 85.5 Å². The minimum Gasteiger partial charge on any atom is -0.493 e. The lowest BCUT2D eigenvalue weighted by Crippen LogP contribution is -2.48. The first-order valence-corrected chi connectivity index (χ1v) is 18.2. The monoisotopic (exact) mass is 642 g/mol. The van der Waals surface area contributed by atoms with Crippen LogP contribution < -0.4 is 4.74 Å². The van der Waals surface area contributed by atoms with Crippen LogP contribution in [0.4, 0.5) is 4.39 Å². The van der Waals surface area contributed by atoms with E-state index in [1.165, 1.54) is 22.1 Å². The lowest BCUT2D eigenvalue weighted by Gasteiger charge is -2.42. The molecule has 250 valence electrons. The van der Waals surface area contributed by atoms with Gasteiger partial charge in [-0.3, -0.25) is 0 Å². The van der Waals surface area contributed by atoms with Gasteiger partial charge in [-0.1, -0.05) is 53.4 Å². The molecule has 4 rings (SSSR count). The average Bonchev–Trinajstić information content (AvgIpc) is 3.43. The highest BCUT2D eigenvalue weighted by Gasteiger charge is 2.42. The van der Waals surface area contributed by atoms with Crippen LogP contribution in [0.25, 0.3) is 10.1 Å². The molecular formula is C38H55FO5S. The van der Waals surface area contributed by atoms with Gasteiger partial charge in [0, 0.05) is 47.8 Å². The van der Waals surface area contributed by atoms with E-state index >= 15 is 0 Å². The van der Waals surface area contributed by atoms with E-state index in [0.717, 1.165) is 92.2 Å². The van der Waals surface area contributed by atoms with Crippen LogP contribution in [0, 0.1) is 12.7 Å². The Morgan fingerprint density at radius 1 is 0.844 bits per heavy atom. The summed E-state index contributed by atoms with van der Waals surface area (Å²) in [6.07, 6.45) is 9.02. The van der Waals surface area contributed by atoms with Crippen molar-refractivity contribution in [2.75, 3.05) is 33.0 Å². The average molecular weight is 643 g/mol. The number of fused-ring (bicyclic) bond motifs is 1. The fourth-order valence-corrected chi connectivity index (χ4v) is 6.87. The first-order valence-electron chi connectivity index (χ1n) is 17.4. The predicted octanol–water partition coefficient (Wildman–Crippen LogP) is 10.1. The molecule has 3 aromatic rings. The third-order valence-corrected chi connectivity index (χ3v) is 9.62. The number of rotatable bonds is 20. The summed E-state index contributed by atoms with van der Waals surface area (Å²) in [7, 11) is 0. The van der Waals surface area contributed by atoms with E-state index in [1.54, 1.807) is 17.4 Å². The Labute approximate surface area is 274 Å². The number of hydrogen-bond donors (Lipinski definition) is 0. The van der Waals surface area contributed by atoms with Gasteiger partial charge in [-0.2, -0.15) is 0 Å². The van der Waals surface area contributed by atoms with Gasteiger partial charge < -0.3 is 23.7 Å². The molecule has 7 heteroatoms. The smallest absolute Gasteiger partial charge is 0.125 e. The van der Waals surface area contributed by atoms with Crippen LogP contribution in [0.1, 0.15) is 113 Å². The molecule has 1 aliphatic heterocycles. The number of ether oxygens (including phenoxy) is 5. The van der Waals surface area contributed by atoms with Gasteiger partial charge in [0.15, 0.2) is 0 Å². The van der Waals surface area contributed by atoms with Crippen molar-refractivity contribution in [3.05, 3.63) is 63.8 Å². The molecular weight excluding hydrogens is 587 g/mol.